The minimum Gasteiger partial charge on any atom is -0.378 e. The van der Waals surface area contributed by atoms with E-state index in [2.05, 4.69) is 15.0 Å². The van der Waals surface area contributed by atoms with Gasteiger partial charge in [-0.2, -0.15) is 9.98 Å². The minimum atomic E-state index is -0.596. The summed E-state index contributed by atoms with van der Waals surface area (Å²) in [6.45, 7) is 2.50. The summed E-state index contributed by atoms with van der Waals surface area (Å²) in [5.74, 6) is -0.295. The van der Waals surface area contributed by atoms with Gasteiger partial charge in [0.15, 0.2) is 0 Å². The van der Waals surface area contributed by atoms with Crippen LogP contribution in [-0.2, 0) is 9.53 Å². The minimum absolute atomic E-state index is 0.275. The molecule has 1 aromatic rings. The molecule has 1 amide bonds. The van der Waals surface area contributed by atoms with Crippen molar-refractivity contribution in [3.63, 3.8) is 0 Å². The molecule has 6 nitrogen and oxygen atoms in total. The van der Waals surface area contributed by atoms with E-state index in [1.54, 1.807) is 24.4 Å². The predicted molar refractivity (Wildman–Crippen MR) is 97.8 cm³/mol. The highest BCUT2D eigenvalue weighted by Gasteiger charge is 2.34. The Bertz CT molecular complexity index is 862. The number of hydrogen-bond donors (Lipinski definition) is 0. The zero-order valence-electron chi connectivity index (χ0n) is 14.0. The summed E-state index contributed by atoms with van der Waals surface area (Å²) in [6, 6.07) is 6.15. The fraction of sp³-hybridized carbons (Fsp3) is 0.263. The molecule has 0 N–H and O–H groups in total. The molecule has 0 saturated carbocycles. The molecule has 0 spiro atoms. The summed E-state index contributed by atoms with van der Waals surface area (Å²) in [5.41, 5.74) is 1.60. The van der Waals surface area contributed by atoms with Crippen LogP contribution < -0.4 is 0 Å². The average molecular weight is 352 g/mol. The number of guanidine groups is 1. The van der Waals surface area contributed by atoms with Gasteiger partial charge in [0.25, 0.3) is 5.91 Å². The van der Waals surface area contributed by atoms with Crippen LogP contribution in [0.15, 0.2) is 57.0 Å². The number of halogens is 1. The number of aliphatic imine (C=N–C) groups is 3. The van der Waals surface area contributed by atoms with Gasteiger partial charge in [-0.15, -0.1) is 0 Å². The first-order chi connectivity index (χ1) is 12.7. The molecule has 7 heteroatoms. The van der Waals surface area contributed by atoms with Crippen LogP contribution in [-0.4, -0.2) is 55.1 Å². The molecule has 26 heavy (non-hydrogen) atoms. The van der Waals surface area contributed by atoms with Crippen LogP contribution >= 0.6 is 0 Å². The number of hydrogen-bond acceptors (Lipinski definition) is 5. The first kappa shape index (κ1) is 16.5. The number of rotatable bonds is 2. The van der Waals surface area contributed by atoms with Gasteiger partial charge in [0, 0.05) is 19.3 Å². The summed E-state index contributed by atoms with van der Waals surface area (Å²) in [6.07, 6.45) is 7.06. The SMILES string of the molecule is O=C1N=C(N2CCOCC2)N=C2N=CC=C(/C=C/c3ccc(F)cc3)C12. The molecule has 1 aromatic carbocycles. The van der Waals surface area contributed by atoms with Gasteiger partial charge < -0.3 is 9.64 Å². The van der Waals surface area contributed by atoms with Crippen molar-refractivity contribution in [1.29, 1.82) is 0 Å². The van der Waals surface area contributed by atoms with E-state index in [-0.39, 0.29) is 11.7 Å². The molecule has 0 bridgehead atoms. The van der Waals surface area contributed by atoms with E-state index in [1.807, 2.05) is 17.1 Å². The third-order valence-corrected chi connectivity index (χ3v) is 4.37. The van der Waals surface area contributed by atoms with Crippen LogP contribution in [0.1, 0.15) is 5.56 Å². The van der Waals surface area contributed by atoms with Crippen molar-refractivity contribution < 1.29 is 13.9 Å². The number of nitrogens with zero attached hydrogens (tertiary/aromatic N) is 4. The summed E-state index contributed by atoms with van der Waals surface area (Å²) in [7, 11) is 0. The number of ether oxygens (including phenoxy) is 1. The maximum atomic E-state index is 13.0. The Hall–Kier alpha value is -2.93. The van der Waals surface area contributed by atoms with Crippen LogP contribution in [0.5, 0.6) is 0 Å². The summed E-state index contributed by atoms with van der Waals surface area (Å²) >= 11 is 0. The number of carbonyl (C=O) groups excluding carboxylic acids is 1. The molecule has 0 aliphatic carbocycles. The lowest BCUT2D eigenvalue weighted by atomic mass is 9.93. The maximum Gasteiger partial charge on any atom is 0.264 e. The molecule has 1 unspecified atom stereocenters. The van der Waals surface area contributed by atoms with Gasteiger partial charge in [0.05, 0.1) is 13.2 Å². The van der Waals surface area contributed by atoms with Gasteiger partial charge in [-0.1, -0.05) is 24.3 Å². The predicted octanol–water partition coefficient (Wildman–Crippen LogP) is 2.09. The molecule has 0 aromatic heterocycles. The molecule has 1 atom stereocenters. The van der Waals surface area contributed by atoms with Crippen LogP contribution in [0.3, 0.4) is 0 Å². The lowest BCUT2D eigenvalue weighted by molar-refractivity contribution is -0.119. The standard InChI is InChI=1S/C19H17FN4O2/c20-15-5-2-13(3-6-15)1-4-14-7-8-21-17-16(14)18(25)23-19(22-17)24-9-11-26-12-10-24/h1-8,16H,9-12H2/b4-1+. The van der Waals surface area contributed by atoms with Crippen LogP contribution in [0.2, 0.25) is 0 Å². The Balaban J connectivity index is 1.55. The molecule has 1 saturated heterocycles. The Morgan fingerprint density at radius 2 is 1.88 bits per heavy atom. The van der Waals surface area contributed by atoms with E-state index in [0.717, 1.165) is 11.1 Å². The maximum absolute atomic E-state index is 13.0. The van der Waals surface area contributed by atoms with E-state index in [1.165, 1.54) is 12.1 Å². The Morgan fingerprint density at radius 3 is 2.65 bits per heavy atom. The monoisotopic (exact) mass is 352 g/mol. The Morgan fingerprint density at radius 1 is 1.12 bits per heavy atom. The van der Waals surface area contributed by atoms with Crippen molar-refractivity contribution in [1.82, 2.24) is 4.90 Å². The van der Waals surface area contributed by atoms with E-state index >= 15 is 0 Å². The third kappa shape index (κ3) is 3.39. The van der Waals surface area contributed by atoms with Gasteiger partial charge in [0.2, 0.25) is 5.96 Å². The molecular formula is C19H17FN4O2. The lowest BCUT2D eigenvalue weighted by Crippen LogP contribution is -2.43. The summed E-state index contributed by atoms with van der Waals surface area (Å²) < 4.78 is 18.3. The van der Waals surface area contributed by atoms with Gasteiger partial charge in [0.1, 0.15) is 17.6 Å². The molecule has 3 heterocycles. The van der Waals surface area contributed by atoms with Crippen molar-refractivity contribution in [2.75, 3.05) is 26.3 Å². The van der Waals surface area contributed by atoms with Gasteiger partial charge in [-0.05, 0) is 29.3 Å². The Kier molecular flexibility index (Phi) is 4.53. The largest absolute Gasteiger partial charge is 0.378 e. The van der Waals surface area contributed by atoms with E-state index in [9.17, 15) is 9.18 Å². The first-order valence-electron chi connectivity index (χ1n) is 8.42. The smallest absolute Gasteiger partial charge is 0.264 e. The van der Waals surface area contributed by atoms with Gasteiger partial charge in [-0.25, -0.2) is 9.38 Å². The molecule has 3 aliphatic heterocycles. The van der Waals surface area contributed by atoms with Crippen molar-refractivity contribution in [2.24, 2.45) is 20.9 Å². The van der Waals surface area contributed by atoms with Crippen LogP contribution in [0.25, 0.3) is 6.08 Å². The van der Waals surface area contributed by atoms with Crippen molar-refractivity contribution in [2.45, 2.75) is 0 Å². The molecular weight excluding hydrogens is 335 g/mol. The fourth-order valence-corrected chi connectivity index (χ4v) is 2.98. The average Bonchev–Trinajstić information content (AvgIpc) is 2.68. The molecule has 0 radical (unpaired) electrons. The topological polar surface area (TPSA) is 66.6 Å². The van der Waals surface area contributed by atoms with Gasteiger partial charge >= 0.3 is 0 Å². The van der Waals surface area contributed by atoms with Gasteiger partial charge in [-0.3, -0.25) is 4.79 Å². The second-order valence-electron chi connectivity index (χ2n) is 6.08. The molecule has 1 fully saturated rings. The second-order valence-corrected chi connectivity index (χ2v) is 6.08. The number of amidine groups is 1. The molecule has 4 rings (SSSR count). The lowest BCUT2D eigenvalue weighted by Gasteiger charge is -2.30. The van der Waals surface area contributed by atoms with Crippen molar-refractivity contribution >= 4 is 30.0 Å². The molecule has 132 valence electrons. The van der Waals surface area contributed by atoms with E-state index in [4.69, 9.17) is 4.74 Å². The number of morpholine rings is 1. The Labute approximate surface area is 150 Å². The van der Waals surface area contributed by atoms with Crippen LogP contribution in [0.4, 0.5) is 4.39 Å². The summed E-state index contributed by atoms with van der Waals surface area (Å²) in [5, 5.41) is 0. The number of amides is 1. The number of allylic oxidation sites excluding steroid dienone is 2. The third-order valence-electron chi connectivity index (χ3n) is 4.37. The highest BCUT2D eigenvalue weighted by Crippen LogP contribution is 2.25. The number of carbonyl (C=O) groups is 1. The fourth-order valence-electron chi connectivity index (χ4n) is 2.98. The number of dihydropyridines is 1. The summed E-state index contributed by atoms with van der Waals surface area (Å²) in [4.78, 5) is 27.5. The highest BCUT2D eigenvalue weighted by atomic mass is 19.1. The second kappa shape index (κ2) is 7.13. The number of benzene rings is 1. The molecule has 3 aliphatic rings. The van der Waals surface area contributed by atoms with Crippen molar-refractivity contribution in [3.05, 3.63) is 53.4 Å². The first-order valence-corrected chi connectivity index (χ1v) is 8.42. The van der Waals surface area contributed by atoms with E-state index < -0.39 is 5.92 Å². The zero-order chi connectivity index (χ0) is 17.9. The quantitative estimate of drug-likeness (QED) is 0.819. The normalized spacial score (nSPS) is 22.8. The highest BCUT2D eigenvalue weighted by molar-refractivity contribution is 6.20. The zero-order valence-corrected chi connectivity index (χ0v) is 14.0. The van der Waals surface area contributed by atoms with Crippen molar-refractivity contribution in [3.8, 4) is 0 Å². The van der Waals surface area contributed by atoms with E-state index in [0.29, 0.717) is 38.1 Å². The number of fused-ring (bicyclic) bond motifs is 1. The van der Waals surface area contributed by atoms with Crippen LogP contribution in [0, 0.1) is 11.7 Å².